The molecule has 0 heterocycles. The van der Waals surface area contributed by atoms with E-state index in [0.29, 0.717) is 6.42 Å². The van der Waals surface area contributed by atoms with Gasteiger partial charge in [0.2, 0.25) is 0 Å². The zero-order valence-corrected chi connectivity index (χ0v) is 7.90. The molecule has 0 amide bonds. The van der Waals surface area contributed by atoms with Gasteiger partial charge in [-0.1, -0.05) is 26.7 Å². The largest absolute Gasteiger partial charge is 0.457 e. The van der Waals surface area contributed by atoms with Gasteiger partial charge in [0.1, 0.15) is 0 Å². The molecule has 3 N–H and O–H groups in total. The molecule has 1 rings (SSSR count). The second-order valence-corrected chi connectivity index (χ2v) is 2.93. The molecule has 2 unspecified atom stereocenters. The van der Waals surface area contributed by atoms with Crippen LogP contribution in [0.2, 0.25) is 5.82 Å². The van der Waals surface area contributed by atoms with Crippen molar-refractivity contribution in [3.8, 4) is 0 Å². The van der Waals surface area contributed by atoms with Crippen molar-refractivity contribution < 1.29 is 15.2 Å². The van der Waals surface area contributed by atoms with E-state index in [1.54, 1.807) is 0 Å². The lowest BCUT2D eigenvalue weighted by Crippen LogP contribution is -2.32. The van der Waals surface area contributed by atoms with Crippen LogP contribution in [0.3, 0.4) is 0 Å². The van der Waals surface area contributed by atoms with Gasteiger partial charge in [-0.15, -0.1) is 0 Å². The molecule has 0 aliphatic heterocycles. The lowest BCUT2D eigenvalue weighted by Gasteiger charge is -2.26. The highest BCUT2D eigenvalue weighted by Crippen LogP contribution is 2.29. The van der Waals surface area contributed by atoms with Gasteiger partial charge in [0, 0.05) is 5.82 Å². The summed E-state index contributed by atoms with van der Waals surface area (Å²) in [5.41, 5.74) is 0. The number of hydrogen-bond acceptors (Lipinski definition) is 3. The lowest BCUT2D eigenvalue weighted by molar-refractivity contribution is 0.116. The second-order valence-electron chi connectivity index (χ2n) is 2.93. The maximum absolute atomic E-state index is 9.22. The summed E-state index contributed by atoms with van der Waals surface area (Å²) in [6.45, 7) is 4.00. The third kappa shape index (κ3) is 3.56. The van der Waals surface area contributed by atoms with Gasteiger partial charge in [-0.05, 0) is 12.8 Å². The zero-order valence-electron chi connectivity index (χ0n) is 7.90. The fraction of sp³-hybridized carbons (Fsp3) is 1.00. The van der Waals surface area contributed by atoms with Crippen molar-refractivity contribution in [3.05, 3.63) is 0 Å². The van der Waals surface area contributed by atoms with Gasteiger partial charge >= 0.3 is 7.12 Å². The smallest absolute Gasteiger partial charge is 0.427 e. The Hall–Kier alpha value is -0.0551. The highest BCUT2D eigenvalue weighted by molar-refractivity contribution is 6.43. The average molecular weight is 174 g/mol. The first kappa shape index (κ1) is 11.9. The van der Waals surface area contributed by atoms with E-state index in [2.05, 4.69) is 0 Å². The summed E-state index contributed by atoms with van der Waals surface area (Å²) in [4.78, 5) is 0. The zero-order chi connectivity index (χ0) is 9.56. The minimum Gasteiger partial charge on any atom is -0.427 e. The number of aliphatic hydroxyl groups excluding tert-OH is 1. The summed E-state index contributed by atoms with van der Waals surface area (Å²) in [6.07, 6.45) is 2.94. The third-order valence-electron chi connectivity index (χ3n) is 2.16. The summed E-state index contributed by atoms with van der Waals surface area (Å²) in [6, 6.07) is 0. The molecule has 72 valence electrons. The number of aliphatic hydroxyl groups is 1. The van der Waals surface area contributed by atoms with Crippen molar-refractivity contribution in [1.82, 2.24) is 0 Å². The first-order valence-electron chi connectivity index (χ1n) is 4.76. The summed E-state index contributed by atoms with van der Waals surface area (Å²) >= 11 is 0. The molecule has 12 heavy (non-hydrogen) atoms. The summed E-state index contributed by atoms with van der Waals surface area (Å²) in [7, 11) is -1.34. The van der Waals surface area contributed by atoms with E-state index in [-0.39, 0.29) is 5.82 Å². The van der Waals surface area contributed by atoms with Crippen molar-refractivity contribution in [2.45, 2.75) is 51.5 Å². The molecule has 0 radical (unpaired) electrons. The first-order chi connectivity index (χ1) is 5.72. The highest BCUT2D eigenvalue weighted by Gasteiger charge is 2.32. The van der Waals surface area contributed by atoms with E-state index < -0.39 is 13.2 Å². The van der Waals surface area contributed by atoms with Crippen molar-refractivity contribution in [1.29, 1.82) is 0 Å². The molecule has 3 nitrogen and oxygen atoms in total. The Balaban J connectivity index is 0.000000561. The first-order valence-corrected chi connectivity index (χ1v) is 4.76. The number of rotatable bonds is 1. The Morgan fingerprint density at radius 3 is 1.92 bits per heavy atom. The van der Waals surface area contributed by atoms with Gasteiger partial charge in [0.25, 0.3) is 0 Å². The standard InChI is InChI=1S/C6H13BO3.C2H6/c8-6-4-2-1-3-5(6)7(9)10;1-2/h5-6,8-10H,1-4H2;1-2H3. The molecule has 0 spiro atoms. The fourth-order valence-electron chi connectivity index (χ4n) is 1.49. The van der Waals surface area contributed by atoms with Crippen LogP contribution >= 0.6 is 0 Å². The molecule has 0 aromatic heterocycles. The van der Waals surface area contributed by atoms with Gasteiger partial charge in [-0.25, -0.2) is 0 Å². The molecule has 0 aromatic carbocycles. The van der Waals surface area contributed by atoms with Gasteiger partial charge in [-0.3, -0.25) is 0 Å². The van der Waals surface area contributed by atoms with E-state index in [4.69, 9.17) is 10.0 Å². The molecule has 2 atom stereocenters. The quantitative estimate of drug-likeness (QED) is 0.515. The van der Waals surface area contributed by atoms with Crippen molar-refractivity contribution >= 4 is 7.12 Å². The van der Waals surface area contributed by atoms with Crippen molar-refractivity contribution in [3.63, 3.8) is 0 Å². The van der Waals surface area contributed by atoms with Crippen LogP contribution in [0.4, 0.5) is 0 Å². The molecule has 0 saturated heterocycles. The minimum atomic E-state index is -1.34. The predicted octanol–water partition coefficient (Wildman–Crippen LogP) is 0.790. The SMILES string of the molecule is CC.OB(O)C1CCCCC1O. The topological polar surface area (TPSA) is 60.7 Å². The molecule has 1 saturated carbocycles. The molecule has 0 bridgehead atoms. The average Bonchev–Trinajstić information content (AvgIpc) is 2.08. The van der Waals surface area contributed by atoms with E-state index in [9.17, 15) is 5.11 Å². The summed E-state index contributed by atoms with van der Waals surface area (Å²) < 4.78 is 0. The van der Waals surface area contributed by atoms with Crippen LogP contribution in [0.15, 0.2) is 0 Å². The van der Waals surface area contributed by atoms with Gasteiger partial charge in [0.05, 0.1) is 6.10 Å². The molecular formula is C8H19BO3. The Morgan fingerprint density at radius 1 is 1.08 bits per heavy atom. The fourth-order valence-corrected chi connectivity index (χ4v) is 1.49. The molecular weight excluding hydrogens is 155 g/mol. The second kappa shape index (κ2) is 6.46. The maximum atomic E-state index is 9.22. The molecule has 0 aromatic rings. The highest BCUT2D eigenvalue weighted by atomic mass is 16.4. The van der Waals surface area contributed by atoms with Crippen LogP contribution in [-0.2, 0) is 0 Å². The van der Waals surface area contributed by atoms with E-state index in [1.165, 1.54) is 0 Å². The van der Waals surface area contributed by atoms with Crippen molar-refractivity contribution in [2.75, 3.05) is 0 Å². The molecule has 1 aliphatic rings. The van der Waals surface area contributed by atoms with Gasteiger partial charge < -0.3 is 15.2 Å². The summed E-state index contributed by atoms with van der Waals surface area (Å²) in [5, 5.41) is 26.7. The van der Waals surface area contributed by atoms with Crippen LogP contribution in [0.25, 0.3) is 0 Å². The predicted molar refractivity (Wildman–Crippen MR) is 49.8 cm³/mol. The van der Waals surface area contributed by atoms with Crippen LogP contribution in [0.1, 0.15) is 39.5 Å². The van der Waals surface area contributed by atoms with E-state index >= 15 is 0 Å². The van der Waals surface area contributed by atoms with Crippen LogP contribution in [-0.4, -0.2) is 28.4 Å². The Morgan fingerprint density at radius 2 is 1.58 bits per heavy atom. The minimum absolute atomic E-state index is 0.311. The Bertz CT molecular complexity index is 108. The normalized spacial score (nSPS) is 28.8. The van der Waals surface area contributed by atoms with Crippen LogP contribution in [0.5, 0.6) is 0 Å². The van der Waals surface area contributed by atoms with E-state index in [0.717, 1.165) is 19.3 Å². The van der Waals surface area contributed by atoms with E-state index in [1.807, 2.05) is 13.8 Å². The van der Waals surface area contributed by atoms with Crippen molar-refractivity contribution in [2.24, 2.45) is 0 Å². The Labute approximate surface area is 74.6 Å². The van der Waals surface area contributed by atoms with Crippen LogP contribution in [0, 0.1) is 0 Å². The third-order valence-corrected chi connectivity index (χ3v) is 2.16. The Kier molecular flexibility index (Phi) is 6.43. The van der Waals surface area contributed by atoms with Gasteiger partial charge in [-0.2, -0.15) is 0 Å². The monoisotopic (exact) mass is 174 g/mol. The molecule has 4 heteroatoms. The summed E-state index contributed by atoms with van der Waals surface area (Å²) in [5.74, 6) is -0.311. The van der Waals surface area contributed by atoms with Gasteiger partial charge in [0.15, 0.2) is 0 Å². The maximum Gasteiger partial charge on any atom is 0.457 e. The molecule has 1 aliphatic carbocycles. The lowest BCUT2D eigenvalue weighted by atomic mass is 9.64. The number of hydrogen-bond donors (Lipinski definition) is 3. The van der Waals surface area contributed by atoms with Crippen LogP contribution < -0.4 is 0 Å². The molecule has 1 fully saturated rings.